The van der Waals surface area contributed by atoms with Crippen molar-refractivity contribution >= 4 is 17.8 Å². The van der Waals surface area contributed by atoms with E-state index in [1.54, 1.807) is 0 Å². The Balaban J connectivity index is 2.25. The molecule has 0 aromatic heterocycles. The van der Waals surface area contributed by atoms with E-state index in [9.17, 15) is 18.8 Å². The number of halogens is 1. The molecule has 130 valence electrons. The molecule has 0 spiro atoms. The largest absolute Gasteiger partial charge is 0.481 e. The zero-order valence-corrected chi connectivity index (χ0v) is 12.9. The molecule has 0 aromatic carbocycles. The van der Waals surface area contributed by atoms with Crippen LogP contribution in [-0.4, -0.2) is 55.1 Å². The van der Waals surface area contributed by atoms with E-state index in [0.29, 0.717) is 18.5 Å². The van der Waals surface area contributed by atoms with Crippen molar-refractivity contribution in [3.63, 3.8) is 0 Å². The molecule has 0 aliphatic carbocycles. The molecule has 9 heteroatoms. The lowest BCUT2D eigenvalue weighted by Gasteiger charge is -2.16. The number of aliphatic carboxylic acids is 1. The van der Waals surface area contributed by atoms with Crippen molar-refractivity contribution in [3.8, 4) is 0 Å². The number of hydrogen-bond donors (Lipinski definition) is 5. The number of hydrogen-bond acceptors (Lipinski definition) is 5. The Labute approximate surface area is 133 Å². The minimum Gasteiger partial charge on any atom is -0.481 e. The predicted molar refractivity (Wildman–Crippen MR) is 81.1 cm³/mol. The zero-order valence-electron chi connectivity index (χ0n) is 12.9. The Morgan fingerprint density at radius 2 is 2.04 bits per heavy atom. The van der Waals surface area contributed by atoms with E-state index in [4.69, 9.17) is 10.8 Å². The highest BCUT2D eigenvalue weighted by Crippen LogP contribution is 2.14. The highest BCUT2D eigenvalue weighted by molar-refractivity contribution is 5.87. The standard InChI is InChI=1S/C14H23FN4O4/c15-10(9-2-1-5-17-6-9)7-18-12(20)8-19-14(23)11(16)3-4-13(21)22/h11,17H,1-8,16H2,(H,18,20)(H,19,23)(H,21,22)/t11-/m0/s1. The fraction of sp³-hybridized carbons (Fsp3) is 0.643. The van der Waals surface area contributed by atoms with Crippen molar-refractivity contribution in [1.29, 1.82) is 0 Å². The maximum atomic E-state index is 13.8. The molecule has 1 aliphatic heterocycles. The van der Waals surface area contributed by atoms with Crippen LogP contribution in [0.4, 0.5) is 4.39 Å². The van der Waals surface area contributed by atoms with Crippen molar-refractivity contribution in [2.45, 2.75) is 31.7 Å². The minimum absolute atomic E-state index is 0.0173. The number of carbonyl (C=O) groups is 3. The number of amides is 2. The van der Waals surface area contributed by atoms with Crippen LogP contribution in [0.3, 0.4) is 0 Å². The fourth-order valence-corrected chi connectivity index (χ4v) is 2.06. The van der Waals surface area contributed by atoms with E-state index in [1.807, 2.05) is 0 Å². The lowest BCUT2D eigenvalue weighted by molar-refractivity contribution is -0.137. The number of nitrogens with two attached hydrogens (primary N) is 1. The second-order valence-corrected chi connectivity index (χ2v) is 5.32. The van der Waals surface area contributed by atoms with Gasteiger partial charge in [-0.25, -0.2) is 4.39 Å². The van der Waals surface area contributed by atoms with E-state index in [1.165, 1.54) is 0 Å². The Morgan fingerprint density at radius 1 is 1.30 bits per heavy atom. The first kappa shape index (κ1) is 19.0. The quantitative estimate of drug-likeness (QED) is 0.388. The smallest absolute Gasteiger partial charge is 0.303 e. The number of carboxylic acids is 1. The van der Waals surface area contributed by atoms with Gasteiger partial charge in [0.2, 0.25) is 11.8 Å². The topological polar surface area (TPSA) is 134 Å². The van der Waals surface area contributed by atoms with E-state index < -0.39 is 23.8 Å². The number of carboxylic acid groups (broad SMARTS) is 1. The van der Waals surface area contributed by atoms with Gasteiger partial charge in [-0.3, -0.25) is 14.4 Å². The van der Waals surface area contributed by atoms with Crippen LogP contribution in [0.2, 0.25) is 0 Å². The van der Waals surface area contributed by atoms with Crippen molar-refractivity contribution < 1.29 is 23.9 Å². The number of carbonyl (C=O) groups excluding carboxylic acids is 2. The maximum Gasteiger partial charge on any atom is 0.303 e. The van der Waals surface area contributed by atoms with E-state index >= 15 is 0 Å². The minimum atomic E-state index is -1.05. The van der Waals surface area contributed by atoms with Crippen LogP contribution in [0, 0.1) is 0 Å². The Hall–Kier alpha value is -2.00. The first-order valence-corrected chi connectivity index (χ1v) is 7.49. The molecule has 1 atom stereocenters. The third-order valence-electron chi connectivity index (χ3n) is 3.42. The highest BCUT2D eigenvalue weighted by Gasteiger charge is 2.16. The number of rotatable bonds is 8. The van der Waals surface area contributed by atoms with Gasteiger partial charge in [-0.1, -0.05) is 0 Å². The van der Waals surface area contributed by atoms with Gasteiger partial charge < -0.3 is 26.8 Å². The summed E-state index contributed by atoms with van der Waals surface area (Å²) in [5, 5.41) is 16.2. The van der Waals surface area contributed by atoms with Gasteiger partial charge in [0, 0.05) is 13.0 Å². The molecular weight excluding hydrogens is 307 g/mol. The van der Waals surface area contributed by atoms with Crippen LogP contribution in [-0.2, 0) is 14.4 Å². The average molecular weight is 330 g/mol. The normalized spacial score (nSPS) is 18.0. The van der Waals surface area contributed by atoms with Gasteiger partial charge in [0.25, 0.3) is 0 Å². The van der Waals surface area contributed by atoms with Crippen molar-refractivity contribution in [2.24, 2.45) is 5.73 Å². The van der Waals surface area contributed by atoms with Crippen LogP contribution in [0.1, 0.15) is 25.7 Å². The molecule has 2 amide bonds. The summed E-state index contributed by atoms with van der Waals surface area (Å²) in [6.07, 6.45) is 1.29. The first-order valence-electron chi connectivity index (χ1n) is 7.49. The summed E-state index contributed by atoms with van der Waals surface area (Å²) in [5.74, 6) is -2.57. The Morgan fingerprint density at radius 3 is 2.65 bits per heavy atom. The third-order valence-corrected chi connectivity index (χ3v) is 3.42. The number of nitrogens with one attached hydrogen (secondary N) is 3. The molecule has 0 saturated carbocycles. The molecule has 0 unspecified atom stereocenters. The molecule has 0 radical (unpaired) electrons. The van der Waals surface area contributed by atoms with E-state index in [-0.39, 0.29) is 31.8 Å². The molecule has 1 saturated heterocycles. The zero-order chi connectivity index (χ0) is 17.2. The SMILES string of the molecule is N[C@@H](CCC(=O)O)C(=O)NCC(=O)NCC(F)=C1CCCNC1. The summed E-state index contributed by atoms with van der Waals surface area (Å²) in [6, 6.07) is -0.994. The van der Waals surface area contributed by atoms with Gasteiger partial charge in [0.15, 0.2) is 0 Å². The van der Waals surface area contributed by atoms with E-state index in [0.717, 1.165) is 13.0 Å². The molecular formula is C14H23FN4O4. The van der Waals surface area contributed by atoms with Gasteiger partial charge in [0.05, 0.1) is 19.1 Å². The lowest BCUT2D eigenvalue weighted by Crippen LogP contribution is -2.45. The summed E-state index contributed by atoms with van der Waals surface area (Å²) in [5.41, 5.74) is 6.14. The molecule has 6 N–H and O–H groups in total. The monoisotopic (exact) mass is 330 g/mol. The first-order chi connectivity index (χ1) is 10.9. The molecule has 1 heterocycles. The van der Waals surface area contributed by atoms with Gasteiger partial charge in [0.1, 0.15) is 5.83 Å². The van der Waals surface area contributed by atoms with Crippen molar-refractivity contribution in [2.75, 3.05) is 26.2 Å². The second kappa shape index (κ2) is 9.90. The summed E-state index contributed by atoms with van der Waals surface area (Å²) >= 11 is 0. The summed E-state index contributed by atoms with van der Waals surface area (Å²) < 4.78 is 13.8. The summed E-state index contributed by atoms with van der Waals surface area (Å²) in [6.45, 7) is 0.797. The summed E-state index contributed by atoms with van der Waals surface area (Å²) in [7, 11) is 0. The molecule has 0 bridgehead atoms. The molecule has 23 heavy (non-hydrogen) atoms. The Kier molecular flexibility index (Phi) is 8.20. The molecule has 1 aliphatic rings. The van der Waals surface area contributed by atoms with Crippen molar-refractivity contribution in [3.05, 3.63) is 11.4 Å². The highest BCUT2D eigenvalue weighted by atomic mass is 19.1. The maximum absolute atomic E-state index is 13.8. The summed E-state index contributed by atoms with van der Waals surface area (Å²) in [4.78, 5) is 33.5. The molecule has 0 aromatic rings. The lowest BCUT2D eigenvalue weighted by atomic mass is 10.1. The van der Waals surface area contributed by atoms with Crippen LogP contribution < -0.4 is 21.7 Å². The predicted octanol–water partition coefficient (Wildman–Crippen LogP) is -0.982. The van der Waals surface area contributed by atoms with E-state index in [2.05, 4.69) is 16.0 Å². The second-order valence-electron chi connectivity index (χ2n) is 5.32. The molecule has 1 fully saturated rings. The van der Waals surface area contributed by atoms with Crippen LogP contribution in [0.15, 0.2) is 11.4 Å². The van der Waals surface area contributed by atoms with Crippen molar-refractivity contribution in [1.82, 2.24) is 16.0 Å². The van der Waals surface area contributed by atoms with Gasteiger partial charge in [-0.05, 0) is 31.4 Å². The van der Waals surface area contributed by atoms with Crippen LogP contribution in [0.25, 0.3) is 0 Å². The van der Waals surface area contributed by atoms with Crippen LogP contribution >= 0.6 is 0 Å². The fourth-order valence-electron chi connectivity index (χ4n) is 2.06. The Bertz CT molecular complexity index is 473. The van der Waals surface area contributed by atoms with Crippen LogP contribution in [0.5, 0.6) is 0 Å². The molecule has 1 rings (SSSR count). The van der Waals surface area contributed by atoms with Gasteiger partial charge >= 0.3 is 5.97 Å². The average Bonchev–Trinajstić information content (AvgIpc) is 2.55. The van der Waals surface area contributed by atoms with Gasteiger partial charge in [-0.15, -0.1) is 0 Å². The third kappa shape index (κ3) is 7.71. The van der Waals surface area contributed by atoms with Gasteiger partial charge in [-0.2, -0.15) is 0 Å². The molecule has 8 nitrogen and oxygen atoms in total. The number of piperidine rings is 1.